The number of methoxy groups -OCH3 is 1. The predicted molar refractivity (Wildman–Crippen MR) is 116 cm³/mol. The highest BCUT2D eigenvalue weighted by Crippen LogP contribution is 2.24. The van der Waals surface area contributed by atoms with E-state index < -0.39 is 6.04 Å². The van der Waals surface area contributed by atoms with Crippen LogP contribution in [-0.2, 0) is 7.05 Å². The highest BCUT2D eigenvalue weighted by molar-refractivity contribution is 5.74. The lowest BCUT2D eigenvalue weighted by molar-refractivity contribution is 0.233. The molecule has 7 heteroatoms. The average molecular weight is 409 g/mol. The molecule has 3 aromatic rings. The van der Waals surface area contributed by atoms with Crippen LogP contribution in [-0.4, -0.2) is 35.8 Å². The van der Waals surface area contributed by atoms with Gasteiger partial charge < -0.3 is 24.7 Å². The molecule has 0 bridgehead atoms. The lowest BCUT2D eigenvalue weighted by Crippen LogP contribution is -2.40. The summed E-state index contributed by atoms with van der Waals surface area (Å²) >= 11 is 0. The minimum absolute atomic E-state index is 0.296. The first-order valence-corrected chi connectivity index (χ1v) is 9.83. The molecule has 0 aliphatic rings. The lowest BCUT2D eigenvalue weighted by Gasteiger charge is -2.20. The molecule has 0 saturated carbocycles. The van der Waals surface area contributed by atoms with Crippen molar-refractivity contribution in [1.29, 1.82) is 0 Å². The molecule has 0 radical (unpaired) electrons. The Morgan fingerprint density at radius 3 is 2.73 bits per heavy atom. The van der Waals surface area contributed by atoms with Crippen molar-refractivity contribution in [2.75, 3.05) is 20.3 Å². The second kappa shape index (κ2) is 9.82. The van der Waals surface area contributed by atoms with Crippen LogP contribution in [0, 0.1) is 13.8 Å². The van der Waals surface area contributed by atoms with Crippen LogP contribution in [0.25, 0.3) is 0 Å². The zero-order valence-electron chi connectivity index (χ0n) is 17.8. The third-order valence-corrected chi connectivity index (χ3v) is 4.79. The maximum Gasteiger partial charge on any atom is 0.315 e. The SMILES string of the molecule is COc1cccc([C@@H](NC(=O)NCCOc2ccc(C)cc2C)c2nccn2C)c1. The Balaban J connectivity index is 1.61. The fraction of sp³-hybridized carbons (Fsp3) is 0.304. The quantitative estimate of drug-likeness (QED) is 0.559. The van der Waals surface area contributed by atoms with Crippen LogP contribution in [0.4, 0.5) is 4.79 Å². The van der Waals surface area contributed by atoms with E-state index in [1.165, 1.54) is 5.56 Å². The van der Waals surface area contributed by atoms with Gasteiger partial charge in [-0.3, -0.25) is 0 Å². The number of imidazole rings is 1. The number of ether oxygens (including phenoxy) is 2. The van der Waals surface area contributed by atoms with E-state index in [1.54, 1.807) is 13.3 Å². The van der Waals surface area contributed by atoms with Gasteiger partial charge in [-0.1, -0.05) is 29.8 Å². The van der Waals surface area contributed by atoms with Gasteiger partial charge in [0.05, 0.1) is 13.7 Å². The minimum Gasteiger partial charge on any atom is -0.497 e. The number of aromatic nitrogens is 2. The normalized spacial score (nSPS) is 11.6. The molecular formula is C23H28N4O3. The van der Waals surface area contributed by atoms with E-state index in [2.05, 4.69) is 21.7 Å². The van der Waals surface area contributed by atoms with Gasteiger partial charge in [-0.05, 0) is 43.2 Å². The molecule has 30 heavy (non-hydrogen) atoms. The zero-order chi connectivity index (χ0) is 21.5. The van der Waals surface area contributed by atoms with Crippen molar-refractivity contribution in [3.63, 3.8) is 0 Å². The lowest BCUT2D eigenvalue weighted by atomic mass is 10.1. The third kappa shape index (κ3) is 5.31. The molecule has 2 aromatic carbocycles. The Kier molecular flexibility index (Phi) is 6.95. The highest BCUT2D eigenvalue weighted by Gasteiger charge is 2.21. The van der Waals surface area contributed by atoms with Crippen molar-refractivity contribution in [1.82, 2.24) is 20.2 Å². The van der Waals surface area contributed by atoms with E-state index in [0.717, 1.165) is 28.5 Å². The Bertz CT molecular complexity index is 1000. The van der Waals surface area contributed by atoms with E-state index in [4.69, 9.17) is 9.47 Å². The van der Waals surface area contributed by atoms with Crippen LogP contribution < -0.4 is 20.1 Å². The molecule has 2 amide bonds. The number of nitrogens with zero attached hydrogens (tertiary/aromatic N) is 2. The first kappa shape index (κ1) is 21.2. The highest BCUT2D eigenvalue weighted by atomic mass is 16.5. The Morgan fingerprint density at radius 2 is 2.03 bits per heavy atom. The second-order valence-electron chi connectivity index (χ2n) is 7.12. The van der Waals surface area contributed by atoms with Gasteiger partial charge in [-0.15, -0.1) is 0 Å². The number of rotatable bonds is 8. The van der Waals surface area contributed by atoms with E-state index >= 15 is 0 Å². The maximum absolute atomic E-state index is 12.6. The van der Waals surface area contributed by atoms with Crippen molar-refractivity contribution in [2.45, 2.75) is 19.9 Å². The van der Waals surface area contributed by atoms with Crippen LogP contribution in [0.2, 0.25) is 0 Å². The van der Waals surface area contributed by atoms with Crippen molar-refractivity contribution in [3.8, 4) is 11.5 Å². The number of aryl methyl sites for hydroxylation is 3. The summed E-state index contributed by atoms with van der Waals surface area (Å²) in [6.07, 6.45) is 3.56. The summed E-state index contributed by atoms with van der Waals surface area (Å²) in [5, 5.41) is 5.85. The van der Waals surface area contributed by atoms with Crippen LogP contribution in [0.15, 0.2) is 54.9 Å². The van der Waals surface area contributed by atoms with Gasteiger partial charge in [0.15, 0.2) is 0 Å². The molecule has 1 atom stereocenters. The number of hydrogen-bond donors (Lipinski definition) is 2. The number of nitrogens with one attached hydrogen (secondary N) is 2. The van der Waals surface area contributed by atoms with E-state index in [9.17, 15) is 4.79 Å². The second-order valence-corrected chi connectivity index (χ2v) is 7.12. The summed E-state index contributed by atoms with van der Waals surface area (Å²) in [6, 6.07) is 12.9. The molecule has 0 spiro atoms. The topological polar surface area (TPSA) is 77.4 Å². The number of carbonyl (C=O) groups is 1. The first-order valence-electron chi connectivity index (χ1n) is 9.83. The fourth-order valence-electron chi connectivity index (χ4n) is 3.24. The number of benzene rings is 2. The number of urea groups is 1. The molecule has 158 valence electrons. The van der Waals surface area contributed by atoms with Crippen molar-refractivity contribution >= 4 is 6.03 Å². The predicted octanol–water partition coefficient (Wildman–Crippen LogP) is 3.51. The Hall–Kier alpha value is -3.48. The molecule has 7 nitrogen and oxygen atoms in total. The summed E-state index contributed by atoms with van der Waals surface area (Å²) in [5.41, 5.74) is 3.15. The molecular weight excluding hydrogens is 380 g/mol. The van der Waals surface area contributed by atoms with Gasteiger partial charge in [0.2, 0.25) is 0 Å². The van der Waals surface area contributed by atoms with Gasteiger partial charge in [-0.2, -0.15) is 0 Å². The minimum atomic E-state index is -0.416. The van der Waals surface area contributed by atoms with Crippen molar-refractivity contribution < 1.29 is 14.3 Å². The summed E-state index contributed by atoms with van der Waals surface area (Å²) < 4.78 is 13.0. The summed E-state index contributed by atoms with van der Waals surface area (Å²) in [7, 11) is 3.51. The molecule has 2 N–H and O–H groups in total. The van der Waals surface area contributed by atoms with Crippen LogP contribution >= 0.6 is 0 Å². The molecule has 0 saturated heterocycles. The number of amides is 2. The van der Waals surface area contributed by atoms with Crippen molar-refractivity contribution in [2.24, 2.45) is 7.05 Å². The van der Waals surface area contributed by atoms with Gasteiger partial charge in [0, 0.05) is 19.4 Å². The molecule has 0 aliphatic carbocycles. The van der Waals surface area contributed by atoms with Gasteiger partial charge in [0.25, 0.3) is 0 Å². The third-order valence-electron chi connectivity index (χ3n) is 4.79. The van der Waals surface area contributed by atoms with Crippen LogP contribution in [0.1, 0.15) is 28.6 Å². The van der Waals surface area contributed by atoms with E-state index in [0.29, 0.717) is 13.2 Å². The zero-order valence-corrected chi connectivity index (χ0v) is 17.8. The summed E-state index contributed by atoms with van der Waals surface area (Å²) in [5.74, 6) is 2.27. The Morgan fingerprint density at radius 1 is 1.20 bits per heavy atom. The average Bonchev–Trinajstić information content (AvgIpc) is 3.16. The smallest absolute Gasteiger partial charge is 0.315 e. The molecule has 3 rings (SSSR count). The summed E-state index contributed by atoms with van der Waals surface area (Å²) in [4.78, 5) is 17.0. The first-order chi connectivity index (χ1) is 14.5. The largest absolute Gasteiger partial charge is 0.497 e. The number of hydrogen-bond acceptors (Lipinski definition) is 4. The van der Waals surface area contributed by atoms with Gasteiger partial charge >= 0.3 is 6.03 Å². The molecule has 1 heterocycles. The van der Waals surface area contributed by atoms with Gasteiger partial charge in [0.1, 0.15) is 30.0 Å². The van der Waals surface area contributed by atoms with E-state index in [-0.39, 0.29) is 6.03 Å². The standard InChI is InChI=1S/C23H28N4O3/c1-16-8-9-20(17(2)14-16)30-13-11-25-23(28)26-21(22-24-10-12-27(22)3)18-6-5-7-19(15-18)29-4/h5-10,12,14-15,21H,11,13H2,1-4H3,(H2,25,26,28)/t21-/m1/s1. The van der Waals surface area contributed by atoms with Crippen molar-refractivity contribution in [3.05, 3.63) is 77.4 Å². The molecule has 1 aromatic heterocycles. The Labute approximate surface area is 177 Å². The summed E-state index contributed by atoms with van der Waals surface area (Å²) in [6.45, 7) is 4.81. The van der Waals surface area contributed by atoms with Crippen LogP contribution in [0.3, 0.4) is 0 Å². The maximum atomic E-state index is 12.6. The molecule has 0 aliphatic heterocycles. The monoisotopic (exact) mass is 408 g/mol. The van der Waals surface area contributed by atoms with Gasteiger partial charge in [-0.25, -0.2) is 9.78 Å². The van der Waals surface area contributed by atoms with Crippen LogP contribution in [0.5, 0.6) is 11.5 Å². The number of carbonyl (C=O) groups excluding carboxylic acids is 1. The molecule has 0 unspecified atom stereocenters. The van der Waals surface area contributed by atoms with E-state index in [1.807, 2.05) is 68.1 Å². The fourth-order valence-corrected chi connectivity index (χ4v) is 3.24. The molecule has 0 fully saturated rings.